The molecule has 1 amide bonds. The van der Waals surface area contributed by atoms with E-state index in [0.717, 1.165) is 25.7 Å². The van der Waals surface area contributed by atoms with E-state index in [4.69, 9.17) is 5.26 Å². The topological polar surface area (TPSA) is 44.1 Å². The zero-order chi connectivity index (χ0) is 13.8. The monoisotopic (exact) mass is 260 g/mol. The van der Waals surface area contributed by atoms with E-state index in [1.54, 1.807) is 11.9 Å². The van der Waals surface area contributed by atoms with Crippen molar-refractivity contribution in [3.63, 3.8) is 0 Å². The lowest BCUT2D eigenvalue weighted by Gasteiger charge is -2.32. The minimum Gasteiger partial charge on any atom is -0.339 e. The van der Waals surface area contributed by atoms with Gasteiger partial charge in [-0.25, -0.2) is 4.39 Å². The quantitative estimate of drug-likeness (QED) is 0.820. The Morgan fingerprint density at radius 2 is 1.84 bits per heavy atom. The van der Waals surface area contributed by atoms with E-state index in [2.05, 4.69) is 6.07 Å². The van der Waals surface area contributed by atoms with E-state index >= 15 is 0 Å². The second kappa shape index (κ2) is 5.83. The molecule has 0 saturated heterocycles. The molecule has 1 aromatic rings. The molecule has 0 spiro atoms. The molecule has 1 aliphatic rings. The first-order valence-electron chi connectivity index (χ1n) is 6.54. The van der Waals surface area contributed by atoms with Crippen molar-refractivity contribution in [2.24, 2.45) is 5.92 Å². The Bertz CT molecular complexity index is 484. The van der Waals surface area contributed by atoms with Crippen LogP contribution in [0.5, 0.6) is 0 Å². The third-order valence-corrected chi connectivity index (χ3v) is 3.84. The molecule has 0 N–H and O–H groups in total. The first-order chi connectivity index (χ1) is 9.11. The van der Waals surface area contributed by atoms with Gasteiger partial charge in [0.2, 0.25) is 0 Å². The van der Waals surface area contributed by atoms with E-state index in [1.165, 1.54) is 24.3 Å². The molecule has 1 aliphatic carbocycles. The Labute approximate surface area is 112 Å². The van der Waals surface area contributed by atoms with Gasteiger partial charge in [-0.3, -0.25) is 4.79 Å². The molecule has 1 aromatic carbocycles. The lowest BCUT2D eigenvalue weighted by atomic mass is 9.86. The van der Waals surface area contributed by atoms with Crippen LogP contribution in [0.2, 0.25) is 0 Å². The molecule has 100 valence electrons. The maximum Gasteiger partial charge on any atom is 0.253 e. The van der Waals surface area contributed by atoms with Crippen molar-refractivity contribution in [3.05, 3.63) is 35.6 Å². The van der Waals surface area contributed by atoms with E-state index in [-0.39, 0.29) is 23.7 Å². The smallest absolute Gasteiger partial charge is 0.253 e. The predicted molar refractivity (Wildman–Crippen MR) is 69.9 cm³/mol. The van der Waals surface area contributed by atoms with E-state index in [9.17, 15) is 9.18 Å². The zero-order valence-electron chi connectivity index (χ0n) is 11.0. The summed E-state index contributed by atoms with van der Waals surface area (Å²) in [5, 5.41) is 8.86. The predicted octanol–water partition coefficient (Wildman–Crippen LogP) is 2.98. The van der Waals surface area contributed by atoms with Gasteiger partial charge in [-0.1, -0.05) is 0 Å². The van der Waals surface area contributed by atoms with Gasteiger partial charge in [-0.15, -0.1) is 0 Å². The van der Waals surface area contributed by atoms with Gasteiger partial charge < -0.3 is 4.90 Å². The summed E-state index contributed by atoms with van der Waals surface area (Å²) in [6.45, 7) is 0. The summed E-state index contributed by atoms with van der Waals surface area (Å²) in [5.74, 6) is -0.292. The Kier molecular flexibility index (Phi) is 4.16. The van der Waals surface area contributed by atoms with Crippen LogP contribution in [-0.4, -0.2) is 23.9 Å². The van der Waals surface area contributed by atoms with Crippen molar-refractivity contribution in [2.75, 3.05) is 7.05 Å². The van der Waals surface area contributed by atoms with Gasteiger partial charge in [0.05, 0.1) is 6.07 Å². The number of carbonyl (C=O) groups is 1. The number of nitrogens with zero attached hydrogens (tertiary/aromatic N) is 2. The fourth-order valence-corrected chi connectivity index (χ4v) is 2.55. The van der Waals surface area contributed by atoms with Gasteiger partial charge in [0.25, 0.3) is 5.91 Å². The number of hydrogen-bond acceptors (Lipinski definition) is 2. The molecular weight excluding hydrogens is 243 g/mol. The highest BCUT2D eigenvalue weighted by Crippen LogP contribution is 2.27. The summed E-state index contributed by atoms with van der Waals surface area (Å²) in [7, 11) is 1.78. The van der Waals surface area contributed by atoms with Gasteiger partial charge in [0.15, 0.2) is 0 Å². The van der Waals surface area contributed by atoms with Gasteiger partial charge in [-0.2, -0.15) is 5.26 Å². The highest BCUT2D eigenvalue weighted by molar-refractivity contribution is 5.94. The summed E-state index contributed by atoms with van der Waals surface area (Å²) in [6, 6.07) is 8.08. The summed E-state index contributed by atoms with van der Waals surface area (Å²) >= 11 is 0. The third kappa shape index (κ3) is 3.11. The van der Waals surface area contributed by atoms with Crippen LogP contribution in [0.15, 0.2) is 24.3 Å². The molecule has 0 bridgehead atoms. The maximum absolute atomic E-state index is 12.8. The van der Waals surface area contributed by atoms with Crippen LogP contribution in [0.25, 0.3) is 0 Å². The van der Waals surface area contributed by atoms with Crippen molar-refractivity contribution in [1.82, 2.24) is 4.90 Å². The van der Waals surface area contributed by atoms with Crippen molar-refractivity contribution in [2.45, 2.75) is 31.7 Å². The molecule has 0 radical (unpaired) electrons. The molecule has 4 heteroatoms. The third-order valence-electron chi connectivity index (χ3n) is 3.84. The fourth-order valence-electron chi connectivity index (χ4n) is 2.55. The van der Waals surface area contributed by atoms with Gasteiger partial charge in [0.1, 0.15) is 5.82 Å². The Balaban J connectivity index is 2.00. The molecule has 3 nitrogen and oxygen atoms in total. The Hall–Kier alpha value is -1.89. The number of halogens is 1. The van der Waals surface area contributed by atoms with Crippen LogP contribution in [0.3, 0.4) is 0 Å². The Morgan fingerprint density at radius 1 is 1.26 bits per heavy atom. The van der Waals surface area contributed by atoms with Gasteiger partial charge in [-0.05, 0) is 49.9 Å². The molecule has 0 unspecified atom stereocenters. The van der Waals surface area contributed by atoms with E-state index in [0.29, 0.717) is 5.56 Å². The average Bonchev–Trinajstić information content (AvgIpc) is 2.46. The highest BCUT2D eigenvalue weighted by atomic mass is 19.1. The number of amides is 1. The molecule has 0 atom stereocenters. The molecule has 2 rings (SSSR count). The lowest BCUT2D eigenvalue weighted by Crippen LogP contribution is -2.39. The second-order valence-corrected chi connectivity index (χ2v) is 5.06. The van der Waals surface area contributed by atoms with Crippen LogP contribution >= 0.6 is 0 Å². The summed E-state index contributed by atoms with van der Waals surface area (Å²) in [4.78, 5) is 14.0. The number of rotatable bonds is 2. The first-order valence-corrected chi connectivity index (χ1v) is 6.54. The summed E-state index contributed by atoms with van der Waals surface area (Å²) < 4.78 is 12.8. The fraction of sp³-hybridized carbons (Fsp3) is 0.467. The molecule has 1 fully saturated rings. The molecule has 0 heterocycles. The maximum atomic E-state index is 12.8. The van der Waals surface area contributed by atoms with Gasteiger partial charge in [0, 0.05) is 24.6 Å². The van der Waals surface area contributed by atoms with Crippen molar-refractivity contribution in [3.8, 4) is 6.07 Å². The van der Waals surface area contributed by atoms with Crippen LogP contribution in [0.4, 0.5) is 4.39 Å². The Morgan fingerprint density at radius 3 is 2.37 bits per heavy atom. The second-order valence-electron chi connectivity index (χ2n) is 5.06. The van der Waals surface area contributed by atoms with Crippen LogP contribution in [-0.2, 0) is 0 Å². The van der Waals surface area contributed by atoms with Crippen LogP contribution in [0.1, 0.15) is 36.0 Å². The molecular formula is C15H17FN2O. The number of carbonyl (C=O) groups excluding carboxylic acids is 1. The van der Waals surface area contributed by atoms with Crippen molar-refractivity contribution < 1.29 is 9.18 Å². The summed E-state index contributed by atoms with van der Waals surface area (Å²) in [5.41, 5.74) is 0.506. The number of benzene rings is 1. The van der Waals surface area contributed by atoms with Crippen LogP contribution < -0.4 is 0 Å². The molecule has 1 saturated carbocycles. The summed E-state index contributed by atoms with van der Waals surface area (Å²) in [6.07, 6.45) is 3.42. The van der Waals surface area contributed by atoms with Crippen LogP contribution in [0, 0.1) is 23.1 Å². The number of nitriles is 1. The standard InChI is InChI=1S/C15H17FN2O/c1-18(14-8-2-11(10-17)3-9-14)15(19)12-4-6-13(16)7-5-12/h4-7,11,14H,2-3,8-9H2,1H3. The minimum absolute atomic E-state index is 0.0830. The SMILES string of the molecule is CN(C(=O)c1ccc(F)cc1)C1CCC(C#N)CC1. The minimum atomic E-state index is -0.339. The largest absolute Gasteiger partial charge is 0.339 e. The average molecular weight is 260 g/mol. The number of hydrogen-bond donors (Lipinski definition) is 0. The van der Waals surface area contributed by atoms with Crippen molar-refractivity contribution >= 4 is 5.91 Å². The van der Waals surface area contributed by atoms with E-state index in [1.807, 2.05) is 0 Å². The zero-order valence-corrected chi connectivity index (χ0v) is 11.0. The highest BCUT2D eigenvalue weighted by Gasteiger charge is 2.26. The normalized spacial score (nSPS) is 22.6. The lowest BCUT2D eigenvalue weighted by molar-refractivity contribution is 0.0686. The molecule has 0 aromatic heterocycles. The van der Waals surface area contributed by atoms with Crippen molar-refractivity contribution in [1.29, 1.82) is 5.26 Å². The van der Waals surface area contributed by atoms with Gasteiger partial charge >= 0.3 is 0 Å². The van der Waals surface area contributed by atoms with E-state index < -0.39 is 0 Å². The first kappa shape index (κ1) is 13.5. The molecule has 19 heavy (non-hydrogen) atoms. The molecule has 0 aliphatic heterocycles.